The summed E-state index contributed by atoms with van der Waals surface area (Å²) in [5.74, 6) is 0.235. The Hall–Kier alpha value is -2.55. The molecule has 6 heteroatoms. The van der Waals surface area contributed by atoms with Gasteiger partial charge in [0.1, 0.15) is 23.6 Å². The van der Waals surface area contributed by atoms with Crippen LogP contribution in [0.1, 0.15) is 5.56 Å². The molecule has 0 aliphatic carbocycles. The predicted octanol–water partition coefficient (Wildman–Crippen LogP) is 1.70. The van der Waals surface area contributed by atoms with Crippen LogP contribution in [0.15, 0.2) is 30.6 Å². The number of ether oxygens (including phenoxy) is 1. The quantitative estimate of drug-likeness (QED) is 0.853. The van der Waals surface area contributed by atoms with Gasteiger partial charge in [0.25, 0.3) is 0 Å². The summed E-state index contributed by atoms with van der Waals surface area (Å²) in [6.45, 7) is 1.26. The van der Waals surface area contributed by atoms with Gasteiger partial charge in [0.2, 0.25) is 0 Å². The lowest BCUT2D eigenvalue weighted by Gasteiger charge is -2.40. The lowest BCUT2D eigenvalue weighted by Crippen LogP contribution is -2.54. The van der Waals surface area contributed by atoms with E-state index in [1.54, 1.807) is 29.2 Å². The maximum Gasteiger partial charge on any atom is 0.157 e. The fraction of sp³-hybridized carbons (Fsp3) is 0.286. The minimum atomic E-state index is -0.485. The number of halogens is 1. The average molecular weight is 272 g/mol. The lowest BCUT2D eigenvalue weighted by molar-refractivity contribution is 0.167. The first-order valence-corrected chi connectivity index (χ1v) is 6.26. The number of aryl methyl sites for hydroxylation is 1. The highest BCUT2D eigenvalue weighted by molar-refractivity contribution is 5.61. The molecule has 5 nitrogen and oxygen atoms in total. The summed E-state index contributed by atoms with van der Waals surface area (Å²) >= 11 is 0. The van der Waals surface area contributed by atoms with Crippen LogP contribution in [0.2, 0.25) is 0 Å². The van der Waals surface area contributed by atoms with Crippen molar-refractivity contribution in [2.45, 2.75) is 6.10 Å². The number of benzene rings is 1. The van der Waals surface area contributed by atoms with Gasteiger partial charge in [-0.05, 0) is 12.1 Å². The van der Waals surface area contributed by atoms with Crippen LogP contribution in [0, 0.1) is 17.1 Å². The largest absolute Gasteiger partial charge is 0.483 e. The third-order valence-corrected chi connectivity index (χ3v) is 3.28. The van der Waals surface area contributed by atoms with Crippen molar-refractivity contribution in [3.8, 4) is 11.8 Å². The highest BCUT2D eigenvalue weighted by Gasteiger charge is 2.31. The molecule has 1 fully saturated rings. The normalized spacial score (nSPS) is 14.8. The van der Waals surface area contributed by atoms with Crippen molar-refractivity contribution in [3.63, 3.8) is 0 Å². The van der Waals surface area contributed by atoms with Gasteiger partial charge in [-0.1, -0.05) is 6.07 Å². The summed E-state index contributed by atoms with van der Waals surface area (Å²) in [7, 11) is 1.83. The van der Waals surface area contributed by atoms with Crippen molar-refractivity contribution in [3.05, 3.63) is 42.0 Å². The Bertz CT molecular complexity index is 670. The van der Waals surface area contributed by atoms with Crippen LogP contribution in [-0.2, 0) is 7.05 Å². The van der Waals surface area contributed by atoms with E-state index in [1.807, 2.05) is 18.0 Å². The Balaban J connectivity index is 1.66. The zero-order valence-electron chi connectivity index (χ0n) is 11.0. The van der Waals surface area contributed by atoms with Gasteiger partial charge in [-0.25, -0.2) is 4.39 Å². The molecule has 3 rings (SSSR count). The molecule has 0 spiro atoms. The molecule has 1 aliphatic heterocycles. The molecule has 0 N–H and O–H groups in total. The summed E-state index contributed by atoms with van der Waals surface area (Å²) in [5.41, 5.74) is 0.714. The topological polar surface area (TPSA) is 54.1 Å². The predicted molar refractivity (Wildman–Crippen MR) is 71.0 cm³/mol. The Morgan fingerprint density at radius 3 is 2.90 bits per heavy atom. The average Bonchev–Trinajstić information content (AvgIpc) is 2.79. The van der Waals surface area contributed by atoms with E-state index in [0.29, 0.717) is 18.8 Å². The van der Waals surface area contributed by atoms with E-state index in [4.69, 9.17) is 10.00 Å². The van der Waals surface area contributed by atoms with Crippen molar-refractivity contribution in [2.24, 2.45) is 7.05 Å². The van der Waals surface area contributed by atoms with Crippen LogP contribution in [0.4, 0.5) is 10.1 Å². The first kappa shape index (κ1) is 12.5. The molecule has 1 aromatic carbocycles. The summed E-state index contributed by atoms with van der Waals surface area (Å²) in [5, 5.41) is 13.0. The molecule has 2 aromatic rings. The molecule has 1 saturated heterocycles. The first-order chi connectivity index (χ1) is 9.67. The minimum absolute atomic E-state index is 0.0361. The van der Waals surface area contributed by atoms with Crippen LogP contribution < -0.4 is 9.64 Å². The molecule has 0 saturated carbocycles. The fourth-order valence-electron chi connectivity index (χ4n) is 2.25. The standard InChI is InChI=1S/C14H13FN4O/c1-18-7-10(6-17-18)20-11-8-19(9-11)14-4-2-3-13(15)12(14)5-16/h2-4,6-7,11H,8-9H2,1H3. The van der Waals surface area contributed by atoms with Crippen LogP contribution in [0.3, 0.4) is 0 Å². The summed E-state index contributed by atoms with van der Waals surface area (Å²) in [6, 6.07) is 6.57. The molecular formula is C14H13FN4O. The maximum atomic E-state index is 13.5. The number of hydrogen-bond donors (Lipinski definition) is 0. The van der Waals surface area contributed by atoms with E-state index in [-0.39, 0.29) is 11.7 Å². The molecule has 0 atom stereocenters. The second kappa shape index (κ2) is 4.85. The van der Waals surface area contributed by atoms with Crippen molar-refractivity contribution in [1.82, 2.24) is 9.78 Å². The molecule has 0 amide bonds. The third-order valence-electron chi connectivity index (χ3n) is 3.28. The van der Waals surface area contributed by atoms with E-state index in [1.165, 1.54) is 6.07 Å². The van der Waals surface area contributed by atoms with Gasteiger partial charge in [-0.3, -0.25) is 4.68 Å². The van der Waals surface area contributed by atoms with Crippen molar-refractivity contribution in [2.75, 3.05) is 18.0 Å². The summed E-state index contributed by atoms with van der Waals surface area (Å²) < 4.78 is 20.9. The highest BCUT2D eigenvalue weighted by Crippen LogP contribution is 2.28. The van der Waals surface area contributed by atoms with E-state index >= 15 is 0 Å². The van der Waals surface area contributed by atoms with Crippen LogP contribution in [-0.4, -0.2) is 29.0 Å². The lowest BCUT2D eigenvalue weighted by atomic mass is 10.1. The Kier molecular flexibility index (Phi) is 3.03. The van der Waals surface area contributed by atoms with Gasteiger partial charge in [0, 0.05) is 7.05 Å². The second-order valence-electron chi connectivity index (χ2n) is 4.74. The van der Waals surface area contributed by atoms with E-state index < -0.39 is 5.82 Å². The van der Waals surface area contributed by atoms with Crippen molar-refractivity contribution in [1.29, 1.82) is 5.26 Å². The van der Waals surface area contributed by atoms with E-state index in [9.17, 15) is 4.39 Å². The smallest absolute Gasteiger partial charge is 0.157 e. The number of hydrogen-bond acceptors (Lipinski definition) is 4. The molecule has 2 heterocycles. The molecule has 1 aromatic heterocycles. The Labute approximate surface area is 115 Å². The van der Waals surface area contributed by atoms with Gasteiger partial charge in [0.05, 0.1) is 31.2 Å². The minimum Gasteiger partial charge on any atom is -0.483 e. The number of nitriles is 1. The molecule has 102 valence electrons. The Morgan fingerprint density at radius 1 is 1.45 bits per heavy atom. The Morgan fingerprint density at radius 2 is 2.25 bits per heavy atom. The molecule has 0 bridgehead atoms. The third kappa shape index (κ3) is 2.18. The zero-order chi connectivity index (χ0) is 14.1. The van der Waals surface area contributed by atoms with Crippen molar-refractivity contribution >= 4 is 5.69 Å². The highest BCUT2D eigenvalue weighted by atomic mass is 19.1. The number of nitrogens with zero attached hydrogens (tertiary/aromatic N) is 4. The molecule has 1 aliphatic rings. The molecular weight excluding hydrogens is 259 g/mol. The maximum absolute atomic E-state index is 13.5. The van der Waals surface area contributed by atoms with E-state index in [0.717, 1.165) is 5.75 Å². The zero-order valence-corrected chi connectivity index (χ0v) is 11.0. The SMILES string of the molecule is Cn1cc(OC2CN(c3cccc(F)c3C#N)C2)cn1. The second-order valence-corrected chi connectivity index (χ2v) is 4.74. The number of aromatic nitrogens is 2. The van der Waals surface area contributed by atoms with Crippen molar-refractivity contribution < 1.29 is 9.13 Å². The molecule has 0 radical (unpaired) electrons. The van der Waals surface area contributed by atoms with Gasteiger partial charge >= 0.3 is 0 Å². The number of rotatable bonds is 3. The van der Waals surface area contributed by atoms with Crippen LogP contribution in [0.25, 0.3) is 0 Å². The monoisotopic (exact) mass is 272 g/mol. The molecule has 20 heavy (non-hydrogen) atoms. The van der Waals surface area contributed by atoms with Crippen LogP contribution >= 0.6 is 0 Å². The summed E-state index contributed by atoms with van der Waals surface area (Å²) in [4.78, 5) is 1.93. The number of anilines is 1. The van der Waals surface area contributed by atoms with Gasteiger partial charge in [-0.15, -0.1) is 0 Å². The molecule has 0 unspecified atom stereocenters. The fourth-order valence-corrected chi connectivity index (χ4v) is 2.25. The van der Waals surface area contributed by atoms with E-state index in [2.05, 4.69) is 5.10 Å². The van der Waals surface area contributed by atoms with Crippen LogP contribution in [0.5, 0.6) is 5.75 Å². The van der Waals surface area contributed by atoms with Gasteiger partial charge < -0.3 is 9.64 Å². The van der Waals surface area contributed by atoms with Gasteiger partial charge in [0.15, 0.2) is 5.75 Å². The first-order valence-electron chi connectivity index (χ1n) is 6.26. The summed E-state index contributed by atoms with van der Waals surface area (Å²) in [6.07, 6.45) is 3.49. The van der Waals surface area contributed by atoms with Gasteiger partial charge in [-0.2, -0.15) is 10.4 Å².